The predicted molar refractivity (Wildman–Crippen MR) is 53.9 cm³/mol. The van der Waals surface area contributed by atoms with Gasteiger partial charge in [-0.2, -0.15) is 5.26 Å². The van der Waals surface area contributed by atoms with Crippen LogP contribution in [0.4, 0.5) is 0 Å². The topological polar surface area (TPSA) is 33.0 Å². The zero-order valence-corrected chi connectivity index (χ0v) is 8.37. The normalized spacial score (nSPS) is 26.0. The van der Waals surface area contributed by atoms with Crippen LogP contribution in [0.2, 0.25) is 5.02 Å². The molecule has 1 aromatic rings. The summed E-state index contributed by atoms with van der Waals surface area (Å²) in [5.74, 6) is -0.0603. The molecule has 2 nitrogen and oxygen atoms in total. The zero-order valence-electron chi connectivity index (χ0n) is 7.61. The highest BCUT2D eigenvalue weighted by Crippen LogP contribution is 2.37. The zero-order chi connectivity index (χ0) is 9.97. The molecule has 1 fully saturated rings. The van der Waals surface area contributed by atoms with Gasteiger partial charge in [-0.25, -0.2) is 0 Å². The van der Waals surface area contributed by atoms with E-state index in [9.17, 15) is 0 Å². The number of halogens is 1. The van der Waals surface area contributed by atoms with Gasteiger partial charge in [-0.05, 0) is 12.5 Å². The summed E-state index contributed by atoms with van der Waals surface area (Å²) >= 11 is 6.04. The summed E-state index contributed by atoms with van der Waals surface area (Å²) in [6, 6.07) is 9.79. The quantitative estimate of drug-likeness (QED) is 0.710. The maximum Gasteiger partial charge on any atom is 0.0998 e. The van der Waals surface area contributed by atoms with Crippen LogP contribution in [0.15, 0.2) is 24.3 Å². The van der Waals surface area contributed by atoms with Crippen molar-refractivity contribution < 1.29 is 4.74 Å². The number of ether oxygens (including phenoxy) is 1. The van der Waals surface area contributed by atoms with Gasteiger partial charge in [0.1, 0.15) is 0 Å². The van der Waals surface area contributed by atoms with Gasteiger partial charge < -0.3 is 4.74 Å². The molecule has 1 saturated heterocycles. The Balaban J connectivity index is 2.31. The molecule has 3 heteroatoms. The second-order valence-electron chi connectivity index (χ2n) is 3.34. The first-order valence-electron chi connectivity index (χ1n) is 4.58. The fraction of sp³-hybridized carbons (Fsp3) is 0.364. The highest BCUT2D eigenvalue weighted by Gasteiger charge is 2.30. The van der Waals surface area contributed by atoms with Crippen molar-refractivity contribution in [2.75, 3.05) is 6.61 Å². The number of benzene rings is 1. The highest BCUT2D eigenvalue weighted by atomic mass is 35.5. The van der Waals surface area contributed by atoms with Gasteiger partial charge in [0, 0.05) is 17.2 Å². The third-order valence-electron chi connectivity index (χ3n) is 2.47. The lowest BCUT2D eigenvalue weighted by atomic mass is 9.97. The minimum absolute atomic E-state index is 0.0603. The fourth-order valence-electron chi connectivity index (χ4n) is 1.73. The number of nitriles is 1. The summed E-state index contributed by atoms with van der Waals surface area (Å²) in [6.07, 6.45) is 0.653. The summed E-state index contributed by atoms with van der Waals surface area (Å²) in [6.45, 7) is 0.647. The summed E-state index contributed by atoms with van der Waals surface area (Å²) < 4.78 is 5.52. The molecular weight excluding hydrogens is 198 g/mol. The minimum Gasteiger partial charge on any atom is -0.372 e. The third kappa shape index (κ3) is 1.61. The van der Waals surface area contributed by atoms with Crippen molar-refractivity contribution in [3.05, 3.63) is 34.9 Å². The summed E-state index contributed by atoms with van der Waals surface area (Å²) in [5.41, 5.74) is 0.929. The molecule has 0 aliphatic carbocycles. The van der Waals surface area contributed by atoms with Crippen molar-refractivity contribution in [2.45, 2.75) is 12.5 Å². The smallest absolute Gasteiger partial charge is 0.0998 e. The van der Waals surface area contributed by atoms with Crippen molar-refractivity contribution >= 4 is 11.6 Å². The van der Waals surface area contributed by atoms with Crippen LogP contribution in [0.25, 0.3) is 0 Å². The lowest BCUT2D eigenvalue weighted by molar-refractivity contribution is 0.101. The Hall–Kier alpha value is -1.04. The van der Waals surface area contributed by atoms with Gasteiger partial charge in [0.15, 0.2) is 0 Å². The first-order chi connectivity index (χ1) is 6.83. The lowest BCUT2D eigenvalue weighted by Crippen LogP contribution is -2.05. The van der Waals surface area contributed by atoms with Crippen molar-refractivity contribution in [1.82, 2.24) is 0 Å². The molecule has 0 N–H and O–H groups in total. The van der Waals surface area contributed by atoms with Crippen LogP contribution in [0.1, 0.15) is 18.1 Å². The van der Waals surface area contributed by atoms with Crippen molar-refractivity contribution in [1.29, 1.82) is 5.26 Å². The van der Waals surface area contributed by atoms with Gasteiger partial charge in [0.05, 0.1) is 18.1 Å². The number of rotatable bonds is 1. The van der Waals surface area contributed by atoms with E-state index in [4.69, 9.17) is 21.6 Å². The molecule has 0 saturated carbocycles. The Bertz CT molecular complexity index is 372. The first kappa shape index (κ1) is 9.51. The Morgan fingerprint density at radius 2 is 2.21 bits per heavy atom. The largest absolute Gasteiger partial charge is 0.372 e. The minimum atomic E-state index is -0.145. The molecule has 2 rings (SSSR count). The maximum absolute atomic E-state index is 8.92. The molecule has 1 heterocycles. The van der Waals surface area contributed by atoms with Crippen LogP contribution in [0.3, 0.4) is 0 Å². The second kappa shape index (κ2) is 4.00. The molecule has 2 unspecified atom stereocenters. The first-order valence-corrected chi connectivity index (χ1v) is 4.96. The molecule has 0 radical (unpaired) electrons. The number of hydrogen-bond acceptors (Lipinski definition) is 2. The summed E-state index contributed by atoms with van der Waals surface area (Å²) in [7, 11) is 0. The molecule has 72 valence electrons. The van der Waals surface area contributed by atoms with E-state index in [0.717, 1.165) is 12.0 Å². The molecule has 0 spiro atoms. The SMILES string of the molecule is N#CC1CCOC1c1ccccc1Cl. The lowest BCUT2D eigenvalue weighted by Gasteiger charge is -2.14. The van der Waals surface area contributed by atoms with Crippen LogP contribution in [-0.4, -0.2) is 6.61 Å². The van der Waals surface area contributed by atoms with Crippen LogP contribution in [0.5, 0.6) is 0 Å². The molecule has 1 aliphatic heterocycles. The van der Waals surface area contributed by atoms with E-state index in [2.05, 4.69) is 6.07 Å². The van der Waals surface area contributed by atoms with E-state index in [-0.39, 0.29) is 12.0 Å². The fourth-order valence-corrected chi connectivity index (χ4v) is 1.98. The van der Waals surface area contributed by atoms with Crippen LogP contribution >= 0.6 is 11.6 Å². The van der Waals surface area contributed by atoms with Gasteiger partial charge in [-0.15, -0.1) is 0 Å². The van der Waals surface area contributed by atoms with Gasteiger partial charge >= 0.3 is 0 Å². The Kier molecular flexibility index (Phi) is 2.72. The average Bonchev–Trinajstić information content (AvgIpc) is 2.66. The second-order valence-corrected chi connectivity index (χ2v) is 3.74. The molecule has 1 aliphatic rings. The van der Waals surface area contributed by atoms with E-state index < -0.39 is 0 Å². The van der Waals surface area contributed by atoms with Crippen molar-refractivity contribution in [3.8, 4) is 6.07 Å². The van der Waals surface area contributed by atoms with E-state index >= 15 is 0 Å². The number of hydrogen-bond donors (Lipinski definition) is 0. The van der Waals surface area contributed by atoms with Gasteiger partial charge in [0.2, 0.25) is 0 Å². The van der Waals surface area contributed by atoms with Crippen LogP contribution in [-0.2, 0) is 4.74 Å². The van der Waals surface area contributed by atoms with E-state index in [0.29, 0.717) is 11.6 Å². The van der Waals surface area contributed by atoms with Crippen molar-refractivity contribution in [2.24, 2.45) is 5.92 Å². The standard InChI is InChI=1S/C11H10ClNO/c12-10-4-2-1-3-9(10)11-8(7-13)5-6-14-11/h1-4,8,11H,5-6H2. The van der Waals surface area contributed by atoms with Crippen LogP contribution in [0, 0.1) is 17.2 Å². The molecule has 0 bridgehead atoms. The molecule has 1 aromatic carbocycles. The predicted octanol–water partition coefficient (Wildman–Crippen LogP) is 2.94. The average molecular weight is 208 g/mol. The molecule has 0 amide bonds. The molecular formula is C11H10ClNO. The molecule has 2 atom stereocenters. The van der Waals surface area contributed by atoms with Gasteiger partial charge in [0.25, 0.3) is 0 Å². The van der Waals surface area contributed by atoms with Gasteiger partial charge in [-0.1, -0.05) is 29.8 Å². The Morgan fingerprint density at radius 3 is 2.93 bits per heavy atom. The van der Waals surface area contributed by atoms with Crippen LogP contribution < -0.4 is 0 Å². The Morgan fingerprint density at radius 1 is 1.43 bits per heavy atom. The van der Waals surface area contributed by atoms with E-state index in [1.807, 2.05) is 24.3 Å². The summed E-state index contributed by atoms with van der Waals surface area (Å²) in [5, 5.41) is 9.60. The molecule has 14 heavy (non-hydrogen) atoms. The number of nitrogens with zero attached hydrogens (tertiary/aromatic N) is 1. The van der Waals surface area contributed by atoms with E-state index in [1.54, 1.807) is 0 Å². The molecule has 0 aromatic heterocycles. The summed E-state index contributed by atoms with van der Waals surface area (Å²) in [4.78, 5) is 0. The third-order valence-corrected chi connectivity index (χ3v) is 2.81. The van der Waals surface area contributed by atoms with Crippen molar-refractivity contribution in [3.63, 3.8) is 0 Å². The van der Waals surface area contributed by atoms with E-state index in [1.165, 1.54) is 0 Å². The Labute approximate surface area is 88.1 Å². The van der Waals surface area contributed by atoms with Gasteiger partial charge in [-0.3, -0.25) is 0 Å². The monoisotopic (exact) mass is 207 g/mol. The maximum atomic E-state index is 8.92. The highest BCUT2D eigenvalue weighted by molar-refractivity contribution is 6.31.